The molecule has 2 nitrogen and oxygen atoms in total. The van der Waals surface area contributed by atoms with Crippen LogP contribution in [-0.4, -0.2) is 9.97 Å². The van der Waals surface area contributed by atoms with Gasteiger partial charge in [0.15, 0.2) is 0 Å². The SMILES string of the molecule is CCCCCCc1c(Cl)cnc2c1ccc1c(CCCCCC)c(Cl)cnc12. The van der Waals surface area contributed by atoms with Crippen molar-refractivity contribution in [3.8, 4) is 0 Å². The predicted molar refractivity (Wildman–Crippen MR) is 123 cm³/mol. The lowest BCUT2D eigenvalue weighted by Crippen LogP contribution is -1.97. The average Bonchev–Trinajstić information content (AvgIpc) is 2.70. The third kappa shape index (κ3) is 4.78. The highest BCUT2D eigenvalue weighted by atomic mass is 35.5. The molecular weight excluding hydrogens is 387 g/mol. The molecule has 0 N–H and O–H groups in total. The van der Waals surface area contributed by atoms with Crippen molar-refractivity contribution < 1.29 is 0 Å². The van der Waals surface area contributed by atoms with Gasteiger partial charge in [-0.25, -0.2) is 0 Å². The molecule has 2 aromatic heterocycles. The molecule has 0 aliphatic carbocycles. The largest absolute Gasteiger partial charge is 0.252 e. The first-order valence-electron chi connectivity index (χ1n) is 10.7. The predicted octanol–water partition coefficient (Wildman–Crippen LogP) is 8.34. The average molecular weight is 417 g/mol. The van der Waals surface area contributed by atoms with Crippen LogP contribution in [0.15, 0.2) is 24.5 Å². The van der Waals surface area contributed by atoms with Crippen molar-refractivity contribution in [1.29, 1.82) is 0 Å². The summed E-state index contributed by atoms with van der Waals surface area (Å²) >= 11 is 13.0. The molecule has 0 radical (unpaired) electrons. The van der Waals surface area contributed by atoms with E-state index in [0.717, 1.165) is 57.5 Å². The van der Waals surface area contributed by atoms with Gasteiger partial charge in [0, 0.05) is 23.2 Å². The maximum absolute atomic E-state index is 6.52. The smallest absolute Gasteiger partial charge is 0.0968 e. The van der Waals surface area contributed by atoms with E-state index in [0.29, 0.717) is 0 Å². The molecule has 0 unspecified atom stereocenters. The number of fused-ring (bicyclic) bond motifs is 3. The first kappa shape index (κ1) is 21.3. The lowest BCUT2D eigenvalue weighted by Gasteiger charge is -2.13. The van der Waals surface area contributed by atoms with Gasteiger partial charge in [-0.3, -0.25) is 9.97 Å². The Morgan fingerprint density at radius 3 is 1.46 bits per heavy atom. The number of aryl methyl sites for hydroxylation is 2. The maximum Gasteiger partial charge on any atom is 0.0968 e. The standard InChI is InChI=1S/C24H30Cl2N2/c1-3-5-7-9-11-17-19-13-14-20-18(12-10-8-6-4-2)22(26)16-28-24(20)23(19)27-15-21(17)25/h13-16H,3-12H2,1-2H3. The lowest BCUT2D eigenvalue weighted by atomic mass is 9.97. The van der Waals surface area contributed by atoms with E-state index in [1.807, 2.05) is 0 Å². The number of halogens is 2. The van der Waals surface area contributed by atoms with Crippen LogP contribution in [0.5, 0.6) is 0 Å². The highest BCUT2D eigenvalue weighted by Crippen LogP contribution is 2.34. The molecule has 0 aliphatic heterocycles. The molecule has 0 saturated heterocycles. The zero-order chi connectivity index (χ0) is 19.9. The normalized spacial score (nSPS) is 11.6. The van der Waals surface area contributed by atoms with E-state index in [4.69, 9.17) is 23.2 Å². The van der Waals surface area contributed by atoms with Crippen LogP contribution >= 0.6 is 23.2 Å². The van der Waals surface area contributed by atoms with Crippen molar-refractivity contribution in [3.63, 3.8) is 0 Å². The fourth-order valence-corrected chi connectivity index (χ4v) is 4.44. The van der Waals surface area contributed by atoms with Crippen LogP contribution in [-0.2, 0) is 12.8 Å². The van der Waals surface area contributed by atoms with Gasteiger partial charge >= 0.3 is 0 Å². The molecule has 4 heteroatoms. The topological polar surface area (TPSA) is 25.8 Å². The van der Waals surface area contributed by atoms with Crippen LogP contribution in [0.1, 0.15) is 76.3 Å². The fraction of sp³-hybridized carbons (Fsp3) is 0.500. The van der Waals surface area contributed by atoms with Gasteiger partial charge in [-0.2, -0.15) is 0 Å². The van der Waals surface area contributed by atoms with E-state index in [1.54, 1.807) is 12.4 Å². The van der Waals surface area contributed by atoms with Crippen molar-refractivity contribution in [1.82, 2.24) is 9.97 Å². The van der Waals surface area contributed by atoms with E-state index in [-0.39, 0.29) is 0 Å². The Bertz CT molecular complexity index is 860. The number of aromatic nitrogens is 2. The second kappa shape index (κ2) is 10.4. The molecular formula is C24H30Cl2N2. The molecule has 0 atom stereocenters. The van der Waals surface area contributed by atoms with Gasteiger partial charge in [-0.05, 0) is 36.8 Å². The summed E-state index contributed by atoms with van der Waals surface area (Å²) in [6.45, 7) is 4.47. The minimum Gasteiger partial charge on any atom is -0.252 e. The van der Waals surface area contributed by atoms with Gasteiger partial charge < -0.3 is 0 Å². The minimum absolute atomic E-state index is 0.761. The summed E-state index contributed by atoms with van der Waals surface area (Å²) in [5.74, 6) is 0. The Morgan fingerprint density at radius 1 is 0.643 bits per heavy atom. The number of benzene rings is 1. The lowest BCUT2D eigenvalue weighted by molar-refractivity contribution is 0.668. The summed E-state index contributed by atoms with van der Waals surface area (Å²) in [6.07, 6.45) is 15.3. The molecule has 3 aromatic rings. The zero-order valence-corrected chi connectivity index (χ0v) is 18.5. The van der Waals surface area contributed by atoms with Crippen molar-refractivity contribution >= 4 is 45.0 Å². The molecule has 0 fully saturated rings. The highest BCUT2D eigenvalue weighted by Gasteiger charge is 2.14. The molecule has 0 amide bonds. The van der Waals surface area contributed by atoms with Crippen LogP contribution in [0.4, 0.5) is 0 Å². The summed E-state index contributed by atoms with van der Waals surface area (Å²) in [6, 6.07) is 4.33. The molecule has 0 bridgehead atoms. The van der Waals surface area contributed by atoms with Crippen molar-refractivity contribution in [3.05, 3.63) is 45.7 Å². The van der Waals surface area contributed by atoms with Crippen LogP contribution in [0.3, 0.4) is 0 Å². The monoisotopic (exact) mass is 416 g/mol. The molecule has 0 saturated carbocycles. The van der Waals surface area contributed by atoms with Gasteiger partial charge in [-0.1, -0.05) is 87.7 Å². The number of pyridine rings is 2. The summed E-state index contributed by atoms with van der Waals surface area (Å²) in [4.78, 5) is 9.31. The molecule has 150 valence electrons. The van der Waals surface area contributed by atoms with E-state index in [9.17, 15) is 0 Å². The Kier molecular flexibility index (Phi) is 7.93. The molecule has 0 spiro atoms. The summed E-state index contributed by atoms with van der Waals surface area (Å²) < 4.78 is 0. The number of rotatable bonds is 10. The third-order valence-electron chi connectivity index (χ3n) is 5.55. The van der Waals surface area contributed by atoms with E-state index in [1.165, 1.54) is 49.7 Å². The van der Waals surface area contributed by atoms with E-state index in [2.05, 4.69) is 35.9 Å². The van der Waals surface area contributed by atoms with Crippen LogP contribution in [0.25, 0.3) is 21.8 Å². The van der Waals surface area contributed by atoms with Gasteiger partial charge in [0.1, 0.15) is 0 Å². The number of hydrogen-bond acceptors (Lipinski definition) is 2. The van der Waals surface area contributed by atoms with Crippen LogP contribution in [0, 0.1) is 0 Å². The molecule has 2 heterocycles. The first-order valence-corrected chi connectivity index (χ1v) is 11.5. The Hall–Kier alpha value is -1.38. The van der Waals surface area contributed by atoms with Crippen molar-refractivity contribution in [2.45, 2.75) is 78.1 Å². The fourth-order valence-electron chi connectivity index (χ4n) is 3.95. The quantitative estimate of drug-likeness (QED) is 0.245. The van der Waals surface area contributed by atoms with Gasteiger partial charge in [0.2, 0.25) is 0 Å². The Labute approximate surface area is 178 Å². The maximum atomic E-state index is 6.52. The molecule has 28 heavy (non-hydrogen) atoms. The zero-order valence-electron chi connectivity index (χ0n) is 17.0. The number of nitrogens with zero attached hydrogens (tertiary/aromatic N) is 2. The Morgan fingerprint density at radius 2 is 1.07 bits per heavy atom. The van der Waals surface area contributed by atoms with E-state index >= 15 is 0 Å². The van der Waals surface area contributed by atoms with E-state index < -0.39 is 0 Å². The second-order valence-corrected chi connectivity index (χ2v) is 8.46. The van der Waals surface area contributed by atoms with Crippen molar-refractivity contribution in [2.24, 2.45) is 0 Å². The first-order chi connectivity index (χ1) is 13.7. The van der Waals surface area contributed by atoms with Gasteiger partial charge in [-0.15, -0.1) is 0 Å². The highest BCUT2D eigenvalue weighted by molar-refractivity contribution is 6.33. The summed E-state index contributed by atoms with van der Waals surface area (Å²) in [7, 11) is 0. The van der Waals surface area contributed by atoms with Gasteiger partial charge in [0.05, 0.1) is 21.1 Å². The minimum atomic E-state index is 0.761. The number of hydrogen-bond donors (Lipinski definition) is 0. The van der Waals surface area contributed by atoms with Crippen LogP contribution < -0.4 is 0 Å². The van der Waals surface area contributed by atoms with Crippen molar-refractivity contribution in [2.75, 3.05) is 0 Å². The summed E-state index contributed by atoms with van der Waals surface area (Å²) in [5, 5.41) is 3.78. The van der Waals surface area contributed by atoms with Crippen LogP contribution in [0.2, 0.25) is 10.0 Å². The Balaban J connectivity index is 1.99. The molecule has 1 aromatic carbocycles. The molecule has 3 rings (SSSR count). The number of unbranched alkanes of at least 4 members (excludes halogenated alkanes) is 6. The van der Waals surface area contributed by atoms with Gasteiger partial charge in [0.25, 0.3) is 0 Å². The molecule has 0 aliphatic rings. The second-order valence-electron chi connectivity index (χ2n) is 7.65. The third-order valence-corrected chi connectivity index (χ3v) is 6.20. The summed E-state index contributed by atoms with van der Waals surface area (Å²) in [5.41, 5.74) is 4.29.